The SMILES string of the molecule is c1ccc(-c2nc(-c3cc(-c4ccc5ccccc5c4)c4ccccc4c3)nc(-c3cccc4oc5ccccc5c34)n2)cc1. The van der Waals surface area contributed by atoms with Gasteiger partial charge in [0.2, 0.25) is 0 Å². The maximum atomic E-state index is 6.22. The van der Waals surface area contributed by atoms with Crippen molar-refractivity contribution >= 4 is 43.5 Å². The number of benzene rings is 7. The number of para-hydroxylation sites is 1. The summed E-state index contributed by atoms with van der Waals surface area (Å²) in [6.45, 7) is 0. The number of rotatable bonds is 4. The highest BCUT2D eigenvalue weighted by atomic mass is 16.3. The zero-order valence-corrected chi connectivity index (χ0v) is 24.2. The number of hydrogen-bond acceptors (Lipinski definition) is 4. The van der Waals surface area contributed by atoms with Crippen LogP contribution in [0.4, 0.5) is 0 Å². The first-order valence-corrected chi connectivity index (χ1v) is 15.0. The van der Waals surface area contributed by atoms with E-state index in [0.29, 0.717) is 17.5 Å². The van der Waals surface area contributed by atoms with Crippen LogP contribution in [0.1, 0.15) is 0 Å². The van der Waals surface area contributed by atoms with Crippen LogP contribution in [0.15, 0.2) is 156 Å². The third kappa shape index (κ3) is 4.35. The Labute approximate surface area is 259 Å². The lowest BCUT2D eigenvalue weighted by Crippen LogP contribution is -2.00. The van der Waals surface area contributed by atoms with Crippen LogP contribution in [0.2, 0.25) is 0 Å². The number of furan rings is 1. The Morgan fingerprint density at radius 3 is 1.87 bits per heavy atom. The molecule has 0 aliphatic rings. The summed E-state index contributed by atoms with van der Waals surface area (Å²) in [5.74, 6) is 1.86. The molecule has 7 aromatic carbocycles. The highest BCUT2D eigenvalue weighted by Gasteiger charge is 2.18. The molecule has 2 aromatic heterocycles. The second-order valence-electron chi connectivity index (χ2n) is 11.3. The Hall–Kier alpha value is -6.13. The fraction of sp³-hybridized carbons (Fsp3) is 0. The molecule has 0 atom stereocenters. The van der Waals surface area contributed by atoms with E-state index < -0.39 is 0 Å². The Bertz CT molecular complexity index is 2550. The van der Waals surface area contributed by atoms with E-state index in [-0.39, 0.29) is 0 Å². The van der Waals surface area contributed by atoms with Crippen LogP contribution in [-0.2, 0) is 0 Å². The maximum absolute atomic E-state index is 6.22. The average molecular weight is 576 g/mol. The Kier molecular flexibility index (Phi) is 5.78. The van der Waals surface area contributed by atoms with E-state index in [1.165, 1.54) is 16.2 Å². The molecule has 0 aliphatic heterocycles. The van der Waals surface area contributed by atoms with E-state index >= 15 is 0 Å². The lowest BCUT2D eigenvalue weighted by molar-refractivity contribution is 0.669. The van der Waals surface area contributed by atoms with Crippen LogP contribution in [0.5, 0.6) is 0 Å². The van der Waals surface area contributed by atoms with Gasteiger partial charge in [0.15, 0.2) is 17.5 Å². The number of nitrogens with zero attached hydrogens (tertiary/aromatic N) is 3. The molecular formula is C41H25N3O. The summed E-state index contributed by atoms with van der Waals surface area (Å²) in [5.41, 5.74) is 6.71. The van der Waals surface area contributed by atoms with Gasteiger partial charge >= 0.3 is 0 Å². The molecular weight excluding hydrogens is 550 g/mol. The molecule has 0 N–H and O–H groups in total. The van der Waals surface area contributed by atoms with Gasteiger partial charge in [-0.3, -0.25) is 0 Å². The smallest absolute Gasteiger partial charge is 0.164 e. The number of aromatic nitrogens is 3. The van der Waals surface area contributed by atoms with Gasteiger partial charge < -0.3 is 4.42 Å². The van der Waals surface area contributed by atoms with E-state index in [0.717, 1.165) is 55.1 Å². The van der Waals surface area contributed by atoms with Gasteiger partial charge in [-0.25, -0.2) is 15.0 Å². The first kappa shape index (κ1) is 25.4. The Balaban J connectivity index is 1.31. The fourth-order valence-corrected chi connectivity index (χ4v) is 6.34. The van der Waals surface area contributed by atoms with Crippen LogP contribution < -0.4 is 0 Å². The molecule has 0 saturated heterocycles. The second kappa shape index (κ2) is 10.2. The van der Waals surface area contributed by atoms with E-state index in [1.807, 2.05) is 60.7 Å². The molecule has 0 aliphatic carbocycles. The van der Waals surface area contributed by atoms with Crippen molar-refractivity contribution in [3.8, 4) is 45.3 Å². The standard InChI is InChI=1S/C41H25N3O/c1-2-12-27(13-3-1)39-42-40(44-41(43-39)34-18-10-20-37-38(34)33-17-8-9-19-36(33)45-37)31-24-29-15-6-7-16-32(29)35(25-31)30-22-21-26-11-4-5-14-28(26)23-30/h1-25H. The van der Waals surface area contributed by atoms with Crippen LogP contribution in [-0.4, -0.2) is 15.0 Å². The third-order valence-electron chi connectivity index (χ3n) is 8.49. The Morgan fingerprint density at radius 1 is 0.356 bits per heavy atom. The van der Waals surface area contributed by atoms with E-state index in [4.69, 9.17) is 19.4 Å². The molecule has 2 heterocycles. The van der Waals surface area contributed by atoms with Gasteiger partial charge in [-0.15, -0.1) is 0 Å². The summed E-state index contributed by atoms with van der Waals surface area (Å²) in [7, 11) is 0. The summed E-state index contributed by atoms with van der Waals surface area (Å²) in [5, 5.41) is 6.78. The molecule has 0 spiro atoms. The monoisotopic (exact) mass is 575 g/mol. The second-order valence-corrected chi connectivity index (χ2v) is 11.3. The molecule has 0 amide bonds. The lowest BCUT2D eigenvalue weighted by atomic mass is 9.94. The van der Waals surface area contributed by atoms with Crippen LogP contribution in [0.3, 0.4) is 0 Å². The molecule has 0 bridgehead atoms. The van der Waals surface area contributed by atoms with Crippen molar-refractivity contribution in [2.75, 3.05) is 0 Å². The summed E-state index contributed by atoms with van der Waals surface area (Å²) < 4.78 is 6.22. The van der Waals surface area contributed by atoms with Gasteiger partial charge in [-0.05, 0) is 63.0 Å². The zero-order valence-electron chi connectivity index (χ0n) is 24.2. The first-order chi connectivity index (χ1) is 22.3. The van der Waals surface area contributed by atoms with Crippen molar-refractivity contribution in [3.05, 3.63) is 152 Å². The van der Waals surface area contributed by atoms with Crippen molar-refractivity contribution in [2.45, 2.75) is 0 Å². The third-order valence-corrected chi connectivity index (χ3v) is 8.49. The van der Waals surface area contributed by atoms with Crippen LogP contribution in [0.25, 0.3) is 88.8 Å². The van der Waals surface area contributed by atoms with Gasteiger partial charge in [0.25, 0.3) is 0 Å². The van der Waals surface area contributed by atoms with Gasteiger partial charge in [-0.1, -0.05) is 121 Å². The topological polar surface area (TPSA) is 51.8 Å². The lowest BCUT2D eigenvalue weighted by Gasteiger charge is -2.13. The normalized spacial score (nSPS) is 11.6. The highest BCUT2D eigenvalue weighted by molar-refractivity contribution is 6.11. The highest BCUT2D eigenvalue weighted by Crippen LogP contribution is 2.38. The van der Waals surface area contributed by atoms with Gasteiger partial charge in [-0.2, -0.15) is 0 Å². The molecule has 4 heteroatoms. The largest absolute Gasteiger partial charge is 0.456 e. The zero-order chi connectivity index (χ0) is 29.7. The molecule has 0 unspecified atom stereocenters. The number of fused-ring (bicyclic) bond motifs is 5. The van der Waals surface area contributed by atoms with Crippen molar-refractivity contribution < 1.29 is 4.42 Å². The minimum Gasteiger partial charge on any atom is -0.456 e. The minimum absolute atomic E-state index is 0.608. The van der Waals surface area contributed by atoms with Crippen LogP contribution in [0, 0.1) is 0 Å². The molecule has 45 heavy (non-hydrogen) atoms. The molecule has 9 rings (SSSR count). The van der Waals surface area contributed by atoms with Gasteiger partial charge in [0, 0.05) is 27.5 Å². The molecule has 0 radical (unpaired) electrons. The maximum Gasteiger partial charge on any atom is 0.164 e. The average Bonchev–Trinajstić information content (AvgIpc) is 3.50. The predicted molar refractivity (Wildman–Crippen MR) is 184 cm³/mol. The fourth-order valence-electron chi connectivity index (χ4n) is 6.34. The summed E-state index contributed by atoms with van der Waals surface area (Å²) in [6, 6.07) is 52.3. The van der Waals surface area contributed by atoms with Gasteiger partial charge in [0.1, 0.15) is 11.2 Å². The number of hydrogen-bond donors (Lipinski definition) is 0. The quantitative estimate of drug-likeness (QED) is 0.209. The summed E-state index contributed by atoms with van der Waals surface area (Å²) in [6.07, 6.45) is 0. The first-order valence-electron chi connectivity index (χ1n) is 15.0. The van der Waals surface area contributed by atoms with E-state index in [9.17, 15) is 0 Å². The molecule has 9 aromatic rings. The van der Waals surface area contributed by atoms with Crippen molar-refractivity contribution in [1.82, 2.24) is 15.0 Å². The molecule has 4 nitrogen and oxygen atoms in total. The summed E-state index contributed by atoms with van der Waals surface area (Å²) >= 11 is 0. The van der Waals surface area contributed by atoms with E-state index in [1.54, 1.807) is 0 Å². The predicted octanol–water partition coefficient (Wildman–Crippen LogP) is 10.7. The minimum atomic E-state index is 0.608. The van der Waals surface area contributed by atoms with Crippen molar-refractivity contribution in [3.63, 3.8) is 0 Å². The van der Waals surface area contributed by atoms with Crippen molar-refractivity contribution in [2.24, 2.45) is 0 Å². The molecule has 0 fully saturated rings. The molecule has 0 saturated carbocycles. The van der Waals surface area contributed by atoms with Gasteiger partial charge in [0.05, 0.1) is 0 Å². The molecule has 210 valence electrons. The Morgan fingerprint density at radius 2 is 1.00 bits per heavy atom. The van der Waals surface area contributed by atoms with E-state index in [2.05, 4.69) is 91.0 Å². The van der Waals surface area contributed by atoms with Crippen LogP contribution >= 0.6 is 0 Å². The van der Waals surface area contributed by atoms with Crippen molar-refractivity contribution in [1.29, 1.82) is 0 Å². The summed E-state index contributed by atoms with van der Waals surface area (Å²) in [4.78, 5) is 15.3.